The SMILES string of the molecule is Cc1ccc(S(=O)(=O)NCCC(=O)Nc2nc(-c3ccccc3Cl)cs2)cc1C. The van der Waals surface area contributed by atoms with Crippen LogP contribution in [0.15, 0.2) is 52.7 Å². The highest BCUT2D eigenvalue weighted by Crippen LogP contribution is 2.30. The van der Waals surface area contributed by atoms with E-state index in [1.165, 1.54) is 11.3 Å². The zero-order valence-electron chi connectivity index (χ0n) is 15.9. The summed E-state index contributed by atoms with van der Waals surface area (Å²) in [5.41, 5.74) is 3.37. The van der Waals surface area contributed by atoms with Gasteiger partial charge in [-0.1, -0.05) is 35.9 Å². The molecule has 6 nitrogen and oxygen atoms in total. The van der Waals surface area contributed by atoms with Gasteiger partial charge in [0.25, 0.3) is 0 Å². The predicted octanol–water partition coefficient (Wildman–Crippen LogP) is 4.39. The number of amides is 1. The number of halogens is 1. The van der Waals surface area contributed by atoms with Crippen LogP contribution in [0.3, 0.4) is 0 Å². The maximum absolute atomic E-state index is 12.4. The van der Waals surface area contributed by atoms with Crippen molar-refractivity contribution in [2.45, 2.75) is 25.2 Å². The number of carbonyl (C=O) groups excluding carboxylic acids is 1. The smallest absolute Gasteiger partial charge is 0.240 e. The summed E-state index contributed by atoms with van der Waals surface area (Å²) in [5, 5.41) is 5.50. The Morgan fingerprint density at radius 2 is 1.90 bits per heavy atom. The van der Waals surface area contributed by atoms with Gasteiger partial charge in [-0.05, 0) is 43.2 Å². The maximum Gasteiger partial charge on any atom is 0.240 e. The maximum atomic E-state index is 12.4. The van der Waals surface area contributed by atoms with Crippen molar-refractivity contribution >= 4 is 44.0 Å². The molecule has 0 spiro atoms. The van der Waals surface area contributed by atoms with Crippen molar-refractivity contribution < 1.29 is 13.2 Å². The molecule has 9 heteroatoms. The molecule has 0 radical (unpaired) electrons. The second-order valence-electron chi connectivity index (χ2n) is 6.46. The normalized spacial score (nSPS) is 11.4. The summed E-state index contributed by atoms with van der Waals surface area (Å²) in [7, 11) is -3.66. The lowest BCUT2D eigenvalue weighted by molar-refractivity contribution is -0.116. The van der Waals surface area contributed by atoms with Gasteiger partial charge in [0, 0.05) is 28.9 Å². The first-order chi connectivity index (χ1) is 13.8. The third-order valence-electron chi connectivity index (χ3n) is 4.33. The Labute approximate surface area is 179 Å². The Hall–Kier alpha value is -2.26. The van der Waals surface area contributed by atoms with E-state index in [2.05, 4.69) is 15.0 Å². The van der Waals surface area contributed by atoms with Crippen LogP contribution in [0.5, 0.6) is 0 Å². The fourth-order valence-corrected chi connectivity index (χ4v) is 4.64. The number of aryl methyl sites for hydroxylation is 2. The summed E-state index contributed by atoms with van der Waals surface area (Å²) in [6.45, 7) is 3.76. The van der Waals surface area contributed by atoms with Crippen LogP contribution in [-0.2, 0) is 14.8 Å². The van der Waals surface area contributed by atoms with Gasteiger partial charge >= 0.3 is 0 Å². The lowest BCUT2D eigenvalue weighted by Gasteiger charge is -2.08. The van der Waals surface area contributed by atoms with Crippen LogP contribution in [0.4, 0.5) is 5.13 Å². The molecule has 0 saturated carbocycles. The number of aromatic nitrogens is 1. The number of sulfonamides is 1. The average Bonchev–Trinajstić information content (AvgIpc) is 3.12. The van der Waals surface area contributed by atoms with Crippen molar-refractivity contribution in [1.29, 1.82) is 0 Å². The summed E-state index contributed by atoms with van der Waals surface area (Å²) >= 11 is 7.45. The zero-order chi connectivity index (χ0) is 21.0. The van der Waals surface area contributed by atoms with Gasteiger partial charge in [-0.15, -0.1) is 11.3 Å². The number of hydrogen-bond donors (Lipinski definition) is 2. The molecular weight excluding hydrogens is 430 g/mol. The molecule has 1 aromatic heterocycles. The number of benzene rings is 2. The van der Waals surface area contributed by atoms with Gasteiger partial charge in [-0.25, -0.2) is 18.1 Å². The molecule has 0 saturated heterocycles. The fraction of sp³-hybridized carbons (Fsp3) is 0.200. The minimum atomic E-state index is -3.66. The monoisotopic (exact) mass is 449 g/mol. The average molecular weight is 450 g/mol. The Bertz CT molecular complexity index is 1140. The molecule has 0 unspecified atom stereocenters. The highest BCUT2D eigenvalue weighted by Gasteiger charge is 2.15. The van der Waals surface area contributed by atoms with Crippen LogP contribution >= 0.6 is 22.9 Å². The lowest BCUT2D eigenvalue weighted by Crippen LogP contribution is -2.28. The van der Waals surface area contributed by atoms with Crippen LogP contribution in [0.1, 0.15) is 17.5 Å². The summed E-state index contributed by atoms with van der Waals surface area (Å²) in [6.07, 6.45) is -0.00885. The fourth-order valence-electron chi connectivity index (χ4n) is 2.57. The van der Waals surface area contributed by atoms with Crippen LogP contribution < -0.4 is 10.0 Å². The Morgan fingerprint density at radius 1 is 1.14 bits per heavy atom. The number of hydrogen-bond acceptors (Lipinski definition) is 5. The van der Waals surface area contributed by atoms with E-state index in [4.69, 9.17) is 11.6 Å². The largest absolute Gasteiger partial charge is 0.302 e. The van der Waals surface area contributed by atoms with E-state index in [0.717, 1.165) is 16.7 Å². The van der Waals surface area contributed by atoms with Crippen molar-refractivity contribution in [2.24, 2.45) is 0 Å². The van der Waals surface area contributed by atoms with E-state index in [0.29, 0.717) is 15.8 Å². The quantitative estimate of drug-likeness (QED) is 0.560. The van der Waals surface area contributed by atoms with Gasteiger partial charge in [0.2, 0.25) is 15.9 Å². The van der Waals surface area contributed by atoms with E-state index >= 15 is 0 Å². The van der Waals surface area contributed by atoms with Crippen molar-refractivity contribution in [3.05, 3.63) is 64.0 Å². The lowest BCUT2D eigenvalue weighted by atomic mass is 10.1. The van der Waals surface area contributed by atoms with Gasteiger partial charge in [0.1, 0.15) is 0 Å². The molecule has 0 aliphatic carbocycles. The molecule has 0 aliphatic heterocycles. The molecule has 29 heavy (non-hydrogen) atoms. The Morgan fingerprint density at radius 3 is 2.62 bits per heavy atom. The van der Waals surface area contributed by atoms with Gasteiger partial charge in [0.05, 0.1) is 10.6 Å². The van der Waals surface area contributed by atoms with Crippen LogP contribution in [0.25, 0.3) is 11.3 Å². The number of anilines is 1. The van der Waals surface area contributed by atoms with Gasteiger partial charge < -0.3 is 5.32 Å². The first-order valence-corrected chi connectivity index (χ1v) is 11.6. The van der Waals surface area contributed by atoms with Gasteiger partial charge in [0.15, 0.2) is 5.13 Å². The molecule has 152 valence electrons. The standard InChI is InChI=1S/C20H20ClN3O3S2/c1-13-7-8-15(11-14(13)2)29(26,27)22-10-9-19(25)24-20-23-18(12-28-20)16-5-3-4-6-17(16)21/h3-8,11-12,22H,9-10H2,1-2H3,(H,23,24,25). The number of rotatable bonds is 7. The number of carbonyl (C=O) groups is 1. The Kier molecular flexibility index (Phi) is 6.69. The number of nitrogens with zero attached hydrogens (tertiary/aromatic N) is 1. The van der Waals surface area contributed by atoms with Gasteiger partial charge in [-0.2, -0.15) is 0 Å². The molecule has 0 aliphatic rings. The molecule has 3 rings (SSSR count). The minimum Gasteiger partial charge on any atom is -0.302 e. The van der Waals surface area contributed by atoms with Crippen molar-refractivity contribution in [1.82, 2.24) is 9.71 Å². The predicted molar refractivity (Wildman–Crippen MR) is 117 cm³/mol. The molecule has 1 amide bonds. The second-order valence-corrected chi connectivity index (χ2v) is 9.49. The summed E-state index contributed by atoms with van der Waals surface area (Å²) in [4.78, 5) is 16.7. The molecular formula is C20H20ClN3O3S2. The van der Waals surface area contributed by atoms with Crippen LogP contribution in [0.2, 0.25) is 5.02 Å². The van der Waals surface area contributed by atoms with E-state index < -0.39 is 10.0 Å². The zero-order valence-corrected chi connectivity index (χ0v) is 18.3. The van der Waals surface area contributed by atoms with E-state index in [9.17, 15) is 13.2 Å². The Balaban J connectivity index is 1.55. The highest BCUT2D eigenvalue weighted by molar-refractivity contribution is 7.89. The van der Waals surface area contributed by atoms with Crippen molar-refractivity contribution in [3.8, 4) is 11.3 Å². The van der Waals surface area contributed by atoms with E-state index in [1.54, 1.807) is 29.6 Å². The highest BCUT2D eigenvalue weighted by atomic mass is 35.5. The molecule has 0 bridgehead atoms. The molecule has 2 aromatic carbocycles. The minimum absolute atomic E-state index is 0.00885. The number of thiazole rings is 1. The first-order valence-electron chi connectivity index (χ1n) is 8.83. The number of nitrogens with one attached hydrogen (secondary N) is 2. The molecule has 3 aromatic rings. The van der Waals surface area contributed by atoms with Crippen molar-refractivity contribution in [2.75, 3.05) is 11.9 Å². The van der Waals surface area contributed by atoms with E-state index in [1.807, 2.05) is 32.0 Å². The molecule has 0 atom stereocenters. The third kappa shape index (κ3) is 5.42. The topological polar surface area (TPSA) is 88.2 Å². The van der Waals surface area contributed by atoms with E-state index in [-0.39, 0.29) is 23.8 Å². The first kappa shape index (κ1) is 21.4. The molecule has 1 heterocycles. The summed E-state index contributed by atoms with van der Waals surface area (Å²) < 4.78 is 27.2. The van der Waals surface area contributed by atoms with Crippen LogP contribution in [0, 0.1) is 13.8 Å². The van der Waals surface area contributed by atoms with Crippen molar-refractivity contribution in [3.63, 3.8) is 0 Å². The van der Waals surface area contributed by atoms with Crippen LogP contribution in [-0.4, -0.2) is 25.9 Å². The summed E-state index contributed by atoms with van der Waals surface area (Å²) in [6, 6.07) is 12.2. The third-order valence-corrected chi connectivity index (χ3v) is 6.88. The molecule has 2 N–H and O–H groups in total. The second kappa shape index (κ2) is 9.04. The molecule has 0 fully saturated rings. The van der Waals surface area contributed by atoms with Gasteiger partial charge in [-0.3, -0.25) is 4.79 Å². The summed E-state index contributed by atoms with van der Waals surface area (Å²) in [5.74, 6) is -0.326.